The molecule has 0 bridgehead atoms. The number of rotatable bonds is 4. The number of anilines is 1. The fourth-order valence-electron chi connectivity index (χ4n) is 2.06. The van der Waals surface area contributed by atoms with Crippen LogP contribution in [-0.4, -0.2) is 37.7 Å². The Balaban J connectivity index is 1.98. The van der Waals surface area contributed by atoms with E-state index in [2.05, 4.69) is 14.7 Å². The van der Waals surface area contributed by atoms with Crippen LogP contribution in [0.15, 0.2) is 0 Å². The molecule has 1 heterocycles. The molecule has 6 nitrogen and oxygen atoms in total. The van der Waals surface area contributed by atoms with Crippen LogP contribution in [0.2, 0.25) is 0 Å². The molecule has 0 aliphatic heterocycles. The van der Waals surface area contributed by atoms with Crippen molar-refractivity contribution < 1.29 is 15.0 Å². The Hall–Kier alpha value is -1.21. The summed E-state index contributed by atoms with van der Waals surface area (Å²) < 4.78 is 4.21. The Morgan fingerprint density at radius 2 is 2.22 bits per heavy atom. The summed E-state index contributed by atoms with van der Waals surface area (Å²) in [6, 6.07) is -0.251. The molecule has 1 saturated carbocycles. The summed E-state index contributed by atoms with van der Waals surface area (Å²) in [6.45, 7) is 4.02. The van der Waals surface area contributed by atoms with E-state index in [4.69, 9.17) is 5.11 Å². The minimum absolute atomic E-state index is 0.251. The van der Waals surface area contributed by atoms with E-state index in [1.54, 1.807) is 0 Å². The number of hydrogen-bond donors (Lipinski definition) is 3. The van der Waals surface area contributed by atoms with E-state index in [9.17, 15) is 9.90 Å². The minimum Gasteiger partial charge on any atom is -0.481 e. The van der Waals surface area contributed by atoms with Crippen molar-refractivity contribution in [1.29, 1.82) is 0 Å². The SMILES string of the molecule is CC(C)c1nsc(NC2CC(C(=O)O)CC2O)n1. The summed E-state index contributed by atoms with van der Waals surface area (Å²) in [5.41, 5.74) is 0. The highest BCUT2D eigenvalue weighted by Crippen LogP contribution is 2.29. The highest BCUT2D eigenvalue weighted by Gasteiger charge is 2.37. The van der Waals surface area contributed by atoms with Gasteiger partial charge in [-0.2, -0.15) is 4.37 Å². The molecule has 0 amide bonds. The minimum atomic E-state index is -0.849. The highest BCUT2D eigenvalue weighted by molar-refractivity contribution is 7.09. The predicted octanol–water partition coefficient (Wildman–Crippen LogP) is 1.30. The Bertz CT molecular complexity index is 435. The second-order valence-corrected chi connectivity index (χ2v) is 5.69. The van der Waals surface area contributed by atoms with Crippen LogP contribution in [0.4, 0.5) is 5.13 Å². The number of aliphatic carboxylic acids is 1. The second-order valence-electron chi connectivity index (χ2n) is 4.94. The first kappa shape index (κ1) is 13.2. The summed E-state index contributed by atoms with van der Waals surface area (Å²) in [7, 11) is 0. The third kappa shape index (κ3) is 2.78. The second kappa shape index (κ2) is 5.19. The molecule has 1 aliphatic rings. The molecule has 3 atom stereocenters. The van der Waals surface area contributed by atoms with E-state index in [1.165, 1.54) is 11.5 Å². The number of aromatic nitrogens is 2. The lowest BCUT2D eigenvalue weighted by Crippen LogP contribution is -2.27. The van der Waals surface area contributed by atoms with Crippen molar-refractivity contribution in [3.05, 3.63) is 5.82 Å². The van der Waals surface area contributed by atoms with Crippen LogP contribution in [-0.2, 0) is 4.79 Å². The highest BCUT2D eigenvalue weighted by atomic mass is 32.1. The molecule has 1 aliphatic carbocycles. The molecule has 1 aromatic heterocycles. The van der Waals surface area contributed by atoms with Crippen molar-refractivity contribution in [1.82, 2.24) is 9.36 Å². The summed E-state index contributed by atoms with van der Waals surface area (Å²) in [5, 5.41) is 22.5. The molecule has 1 fully saturated rings. The summed E-state index contributed by atoms with van der Waals surface area (Å²) in [5.74, 6) is -0.296. The van der Waals surface area contributed by atoms with Crippen LogP contribution in [0.3, 0.4) is 0 Å². The van der Waals surface area contributed by atoms with Gasteiger partial charge in [0.1, 0.15) is 5.82 Å². The monoisotopic (exact) mass is 271 g/mol. The van der Waals surface area contributed by atoms with E-state index >= 15 is 0 Å². The van der Waals surface area contributed by atoms with Crippen molar-refractivity contribution >= 4 is 22.6 Å². The van der Waals surface area contributed by atoms with Crippen LogP contribution in [0.25, 0.3) is 0 Å². The normalized spacial score (nSPS) is 27.7. The van der Waals surface area contributed by atoms with Gasteiger partial charge in [0.05, 0.1) is 18.1 Å². The number of carboxylic acid groups (broad SMARTS) is 1. The molecule has 18 heavy (non-hydrogen) atoms. The van der Waals surface area contributed by atoms with Gasteiger partial charge >= 0.3 is 5.97 Å². The fourth-order valence-corrected chi connectivity index (χ4v) is 2.83. The first-order valence-corrected chi connectivity index (χ1v) is 6.75. The van der Waals surface area contributed by atoms with Crippen molar-refractivity contribution in [2.45, 2.75) is 44.8 Å². The van der Waals surface area contributed by atoms with Crippen LogP contribution in [0.5, 0.6) is 0 Å². The van der Waals surface area contributed by atoms with E-state index in [1.807, 2.05) is 13.8 Å². The molecular formula is C11H17N3O3S. The Morgan fingerprint density at radius 3 is 2.72 bits per heavy atom. The largest absolute Gasteiger partial charge is 0.481 e. The van der Waals surface area contributed by atoms with Crippen molar-refractivity contribution in [3.63, 3.8) is 0 Å². The van der Waals surface area contributed by atoms with E-state index in [0.29, 0.717) is 18.0 Å². The molecule has 0 spiro atoms. The van der Waals surface area contributed by atoms with Gasteiger partial charge in [0.25, 0.3) is 0 Å². The smallest absolute Gasteiger partial charge is 0.306 e. The number of carbonyl (C=O) groups is 1. The van der Waals surface area contributed by atoms with Gasteiger partial charge in [-0.05, 0) is 12.8 Å². The van der Waals surface area contributed by atoms with Crippen LogP contribution in [0.1, 0.15) is 38.4 Å². The Morgan fingerprint density at radius 1 is 1.50 bits per heavy atom. The van der Waals surface area contributed by atoms with Crippen molar-refractivity contribution in [2.24, 2.45) is 5.92 Å². The number of aliphatic hydroxyl groups excluding tert-OH is 1. The van der Waals surface area contributed by atoms with Crippen molar-refractivity contribution in [2.75, 3.05) is 5.32 Å². The molecular weight excluding hydrogens is 254 g/mol. The van der Waals surface area contributed by atoms with Gasteiger partial charge < -0.3 is 15.5 Å². The molecule has 0 aromatic carbocycles. The molecule has 0 saturated heterocycles. The lowest BCUT2D eigenvalue weighted by atomic mass is 10.1. The molecule has 2 rings (SSSR count). The molecule has 1 aromatic rings. The van der Waals surface area contributed by atoms with E-state index in [-0.39, 0.29) is 12.0 Å². The standard InChI is InChI=1S/C11H17N3O3S/c1-5(2)9-13-11(18-14-9)12-7-3-6(10(16)17)4-8(7)15/h5-8,15H,3-4H2,1-2H3,(H,16,17)(H,12,13,14). The lowest BCUT2D eigenvalue weighted by Gasteiger charge is -2.14. The number of hydrogen-bond acceptors (Lipinski definition) is 6. The zero-order chi connectivity index (χ0) is 13.3. The lowest BCUT2D eigenvalue weighted by molar-refractivity contribution is -0.141. The number of carboxylic acids is 1. The summed E-state index contributed by atoms with van der Waals surface area (Å²) >= 11 is 1.25. The van der Waals surface area contributed by atoms with Crippen LogP contribution < -0.4 is 5.32 Å². The van der Waals surface area contributed by atoms with Crippen molar-refractivity contribution in [3.8, 4) is 0 Å². The van der Waals surface area contributed by atoms with E-state index < -0.39 is 18.0 Å². The van der Waals surface area contributed by atoms with Gasteiger partial charge in [-0.1, -0.05) is 13.8 Å². The third-order valence-electron chi connectivity index (χ3n) is 3.15. The van der Waals surface area contributed by atoms with Gasteiger partial charge in [-0.3, -0.25) is 4.79 Å². The number of nitrogens with one attached hydrogen (secondary N) is 1. The molecule has 7 heteroatoms. The predicted molar refractivity (Wildman–Crippen MR) is 67.8 cm³/mol. The van der Waals surface area contributed by atoms with Gasteiger partial charge in [0, 0.05) is 17.5 Å². The molecule has 100 valence electrons. The maximum Gasteiger partial charge on any atom is 0.306 e. The quantitative estimate of drug-likeness (QED) is 0.764. The maximum absolute atomic E-state index is 10.9. The zero-order valence-electron chi connectivity index (χ0n) is 10.3. The maximum atomic E-state index is 10.9. The molecule has 3 N–H and O–H groups in total. The third-order valence-corrected chi connectivity index (χ3v) is 3.81. The zero-order valence-corrected chi connectivity index (χ0v) is 11.1. The molecule has 0 radical (unpaired) electrons. The van der Waals surface area contributed by atoms with Gasteiger partial charge in [0.15, 0.2) is 0 Å². The van der Waals surface area contributed by atoms with E-state index in [0.717, 1.165) is 5.82 Å². The number of nitrogens with zero attached hydrogens (tertiary/aromatic N) is 2. The average molecular weight is 271 g/mol. The topological polar surface area (TPSA) is 95.3 Å². The summed E-state index contributed by atoms with van der Waals surface area (Å²) in [6.07, 6.45) is 0.0770. The Labute approximate surface area is 109 Å². The van der Waals surface area contributed by atoms with Crippen LogP contribution in [0, 0.1) is 5.92 Å². The van der Waals surface area contributed by atoms with Gasteiger partial charge in [-0.15, -0.1) is 0 Å². The van der Waals surface area contributed by atoms with Gasteiger partial charge in [0.2, 0.25) is 5.13 Å². The number of aliphatic hydroxyl groups is 1. The first-order valence-electron chi connectivity index (χ1n) is 5.98. The Kier molecular flexibility index (Phi) is 3.82. The van der Waals surface area contributed by atoms with Crippen LogP contribution >= 0.6 is 11.5 Å². The summed E-state index contributed by atoms with van der Waals surface area (Å²) in [4.78, 5) is 15.2. The molecule has 3 unspecified atom stereocenters. The van der Waals surface area contributed by atoms with Gasteiger partial charge in [-0.25, -0.2) is 4.98 Å². The first-order chi connectivity index (χ1) is 8.47. The average Bonchev–Trinajstić information content (AvgIpc) is 2.87. The fraction of sp³-hybridized carbons (Fsp3) is 0.727.